The van der Waals surface area contributed by atoms with Crippen molar-refractivity contribution in [3.05, 3.63) is 71.8 Å². The molecule has 1 heterocycles. The fourth-order valence-corrected chi connectivity index (χ4v) is 3.35. The Bertz CT molecular complexity index is 804. The molecule has 23 heavy (non-hydrogen) atoms. The van der Waals surface area contributed by atoms with Crippen LogP contribution in [0.15, 0.2) is 54.6 Å². The zero-order valence-corrected chi connectivity index (χ0v) is 13.3. The number of halogens is 1. The molecule has 0 unspecified atom stereocenters. The molecular weight excluding hydrogens is 315 g/mol. The molecule has 3 rings (SSSR count). The first-order valence-electron chi connectivity index (χ1n) is 7.10. The Morgan fingerprint density at radius 2 is 1.83 bits per heavy atom. The summed E-state index contributed by atoms with van der Waals surface area (Å²) in [4.78, 5) is 0. The van der Waals surface area contributed by atoms with Crippen LogP contribution in [0.25, 0.3) is 5.69 Å². The fourth-order valence-electron chi connectivity index (χ4n) is 2.20. The summed E-state index contributed by atoms with van der Waals surface area (Å²) in [6, 6.07) is 15.5. The van der Waals surface area contributed by atoms with Gasteiger partial charge >= 0.3 is 0 Å². The van der Waals surface area contributed by atoms with Gasteiger partial charge in [-0.1, -0.05) is 30.3 Å². The first-order valence-corrected chi connectivity index (χ1v) is 8.48. The summed E-state index contributed by atoms with van der Waals surface area (Å²) in [5, 5.41) is 11.4. The van der Waals surface area contributed by atoms with Crippen molar-refractivity contribution in [1.82, 2.24) is 20.2 Å². The average Bonchev–Trinajstić information content (AvgIpc) is 3.04. The van der Waals surface area contributed by atoms with E-state index in [-0.39, 0.29) is 16.8 Å². The van der Waals surface area contributed by atoms with Gasteiger partial charge in [0.05, 0.1) is 16.7 Å². The van der Waals surface area contributed by atoms with Crippen LogP contribution in [-0.2, 0) is 16.6 Å². The second-order valence-corrected chi connectivity index (χ2v) is 6.82. The quantitative estimate of drug-likeness (QED) is 0.722. The smallest absolute Gasteiger partial charge is 0.169 e. The van der Waals surface area contributed by atoms with Crippen molar-refractivity contribution in [3.63, 3.8) is 0 Å². The van der Waals surface area contributed by atoms with Crippen molar-refractivity contribution < 1.29 is 8.60 Å². The number of hydrogen-bond acceptors (Lipinski definition) is 4. The van der Waals surface area contributed by atoms with Gasteiger partial charge in [0.1, 0.15) is 5.82 Å². The molecule has 1 aromatic heterocycles. The summed E-state index contributed by atoms with van der Waals surface area (Å²) in [5.74, 6) is 0.448. The lowest BCUT2D eigenvalue weighted by Gasteiger charge is -2.11. The first-order chi connectivity index (χ1) is 11.1. The van der Waals surface area contributed by atoms with Gasteiger partial charge in [-0.25, -0.2) is 4.39 Å². The number of benzene rings is 2. The molecule has 0 bridgehead atoms. The van der Waals surface area contributed by atoms with Crippen LogP contribution in [0.3, 0.4) is 0 Å². The molecule has 0 spiro atoms. The van der Waals surface area contributed by atoms with E-state index in [0.717, 1.165) is 11.3 Å². The molecule has 0 aliphatic carbocycles. The highest BCUT2D eigenvalue weighted by molar-refractivity contribution is 7.84. The van der Waals surface area contributed by atoms with Crippen LogP contribution in [0, 0.1) is 5.82 Å². The highest BCUT2D eigenvalue weighted by atomic mass is 32.2. The van der Waals surface area contributed by atoms with Crippen LogP contribution in [0.4, 0.5) is 4.39 Å². The molecule has 0 fully saturated rings. The third-order valence-corrected chi connectivity index (χ3v) is 5.14. The Hall–Kier alpha value is -2.41. The highest BCUT2D eigenvalue weighted by Gasteiger charge is 2.18. The van der Waals surface area contributed by atoms with Crippen LogP contribution < -0.4 is 0 Å². The predicted octanol–water partition coefficient (Wildman–Crippen LogP) is 2.81. The SMILES string of the molecule is C[C@@H](c1ccc(F)cc1)[S@](=O)Cc1nnnn1-c1ccccc1. The van der Waals surface area contributed by atoms with Crippen molar-refractivity contribution in [1.29, 1.82) is 0 Å². The third-order valence-electron chi connectivity index (χ3n) is 3.54. The lowest BCUT2D eigenvalue weighted by Crippen LogP contribution is -2.10. The zero-order chi connectivity index (χ0) is 16.2. The Morgan fingerprint density at radius 3 is 2.52 bits per heavy atom. The van der Waals surface area contributed by atoms with Gasteiger partial charge in [-0.05, 0) is 47.2 Å². The van der Waals surface area contributed by atoms with E-state index < -0.39 is 10.8 Å². The van der Waals surface area contributed by atoms with Gasteiger partial charge in [-0.3, -0.25) is 4.21 Å². The number of tetrazole rings is 1. The molecule has 0 N–H and O–H groups in total. The third kappa shape index (κ3) is 3.50. The van der Waals surface area contributed by atoms with E-state index in [2.05, 4.69) is 15.5 Å². The number of para-hydroxylation sites is 1. The van der Waals surface area contributed by atoms with Crippen LogP contribution in [0.5, 0.6) is 0 Å². The van der Waals surface area contributed by atoms with Crippen LogP contribution in [-0.4, -0.2) is 24.4 Å². The number of rotatable bonds is 5. The molecule has 0 aliphatic heterocycles. The number of aromatic nitrogens is 4. The molecule has 2 aromatic carbocycles. The summed E-state index contributed by atoms with van der Waals surface area (Å²) in [6.07, 6.45) is 0. The monoisotopic (exact) mass is 330 g/mol. The average molecular weight is 330 g/mol. The Labute approximate surface area is 135 Å². The standard InChI is InChI=1S/C16H15FN4OS/c1-12(13-7-9-14(17)10-8-13)23(22)11-16-18-19-20-21(16)15-5-3-2-4-6-15/h2-10,12H,11H2,1H3/t12-,23+/m0/s1. The van der Waals surface area contributed by atoms with Gasteiger partial charge in [0, 0.05) is 10.8 Å². The largest absolute Gasteiger partial charge is 0.258 e. The van der Waals surface area contributed by atoms with E-state index in [9.17, 15) is 8.60 Å². The van der Waals surface area contributed by atoms with E-state index in [1.54, 1.807) is 16.8 Å². The van der Waals surface area contributed by atoms with Crippen LogP contribution >= 0.6 is 0 Å². The second-order valence-electron chi connectivity index (χ2n) is 5.06. The molecule has 2 atom stereocenters. The van der Waals surface area contributed by atoms with Crippen molar-refractivity contribution in [2.24, 2.45) is 0 Å². The maximum Gasteiger partial charge on any atom is 0.169 e. The minimum absolute atomic E-state index is 0.223. The summed E-state index contributed by atoms with van der Waals surface area (Å²) < 4.78 is 27.2. The number of hydrogen-bond donors (Lipinski definition) is 0. The Morgan fingerprint density at radius 1 is 1.13 bits per heavy atom. The summed E-state index contributed by atoms with van der Waals surface area (Å²) in [6.45, 7) is 1.85. The topological polar surface area (TPSA) is 60.7 Å². The zero-order valence-electron chi connectivity index (χ0n) is 12.5. The summed E-state index contributed by atoms with van der Waals surface area (Å²) in [5.41, 5.74) is 1.64. The van der Waals surface area contributed by atoms with E-state index in [4.69, 9.17) is 0 Å². The van der Waals surface area contributed by atoms with Gasteiger partial charge in [-0.2, -0.15) is 4.68 Å². The van der Waals surface area contributed by atoms with E-state index >= 15 is 0 Å². The van der Waals surface area contributed by atoms with Gasteiger partial charge in [0.15, 0.2) is 5.82 Å². The van der Waals surface area contributed by atoms with E-state index in [1.165, 1.54) is 12.1 Å². The summed E-state index contributed by atoms with van der Waals surface area (Å²) >= 11 is 0. The molecule has 0 saturated heterocycles. The first kappa shape index (κ1) is 15.5. The minimum atomic E-state index is -1.22. The van der Waals surface area contributed by atoms with Gasteiger partial charge in [-0.15, -0.1) is 5.10 Å². The van der Waals surface area contributed by atoms with Crippen molar-refractivity contribution >= 4 is 10.8 Å². The minimum Gasteiger partial charge on any atom is -0.258 e. The Balaban J connectivity index is 1.79. The molecule has 0 saturated carbocycles. The van der Waals surface area contributed by atoms with Gasteiger partial charge in [0.2, 0.25) is 0 Å². The lowest BCUT2D eigenvalue weighted by molar-refractivity contribution is 0.626. The van der Waals surface area contributed by atoms with Crippen molar-refractivity contribution in [2.45, 2.75) is 17.9 Å². The molecule has 118 valence electrons. The van der Waals surface area contributed by atoms with Crippen LogP contribution in [0.1, 0.15) is 23.6 Å². The maximum absolute atomic E-state index is 13.0. The van der Waals surface area contributed by atoms with Gasteiger partial charge < -0.3 is 0 Å². The number of nitrogens with zero attached hydrogens (tertiary/aromatic N) is 4. The fraction of sp³-hybridized carbons (Fsp3) is 0.188. The molecule has 0 amide bonds. The normalized spacial score (nSPS) is 13.7. The molecule has 0 aliphatic rings. The van der Waals surface area contributed by atoms with Gasteiger partial charge in [0.25, 0.3) is 0 Å². The lowest BCUT2D eigenvalue weighted by atomic mass is 10.2. The predicted molar refractivity (Wildman–Crippen MR) is 85.8 cm³/mol. The molecule has 5 nitrogen and oxygen atoms in total. The summed E-state index contributed by atoms with van der Waals surface area (Å²) in [7, 11) is -1.22. The molecule has 7 heteroatoms. The van der Waals surface area contributed by atoms with Crippen molar-refractivity contribution in [3.8, 4) is 5.69 Å². The Kier molecular flexibility index (Phi) is 4.57. The second kappa shape index (κ2) is 6.78. The van der Waals surface area contributed by atoms with Crippen molar-refractivity contribution in [2.75, 3.05) is 0 Å². The highest BCUT2D eigenvalue weighted by Crippen LogP contribution is 2.22. The maximum atomic E-state index is 13.0. The molecule has 3 aromatic rings. The van der Waals surface area contributed by atoms with E-state index in [1.807, 2.05) is 37.3 Å². The van der Waals surface area contributed by atoms with Crippen LogP contribution in [0.2, 0.25) is 0 Å². The van der Waals surface area contributed by atoms with E-state index in [0.29, 0.717) is 5.82 Å². The molecular formula is C16H15FN4OS. The molecule has 0 radical (unpaired) electrons.